The molecule has 1 heterocycles. The third kappa shape index (κ3) is 1.87. The van der Waals surface area contributed by atoms with Crippen LogP contribution in [0.2, 0.25) is 0 Å². The monoisotopic (exact) mass is 271 g/mol. The van der Waals surface area contributed by atoms with E-state index in [2.05, 4.69) is 24.3 Å². The molecule has 0 saturated heterocycles. The van der Waals surface area contributed by atoms with Crippen LogP contribution in [0.15, 0.2) is 59.2 Å². The van der Waals surface area contributed by atoms with Gasteiger partial charge in [-0.2, -0.15) is 0 Å². The Balaban J connectivity index is 0.000000853. The quantitative estimate of drug-likeness (QED) is 0.614. The number of rotatable bonds is 1. The minimum atomic E-state index is 0. The van der Waals surface area contributed by atoms with Crippen molar-refractivity contribution < 1.29 is 30.6 Å². The van der Waals surface area contributed by atoms with Crippen LogP contribution in [-0.4, -0.2) is 0 Å². The summed E-state index contributed by atoms with van der Waals surface area (Å²) in [5, 5.41) is 2.53. The predicted molar refractivity (Wildman–Crippen MR) is 57.2 cm³/mol. The van der Waals surface area contributed by atoms with Crippen LogP contribution in [-0.2, 0) is 26.2 Å². The van der Waals surface area contributed by atoms with Gasteiger partial charge >= 0.3 is 0 Å². The van der Waals surface area contributed by atoms with Gasteiger partial charge in [0.1, 0.15) is 0 Å². The molecule has 1 aromatic heterocycles. The van der Waals surface area contributed by atoms with Crippen molar-refractivity contribution in [2.24, 2.45) is 0 Å². The molecule has 0 atom stereocenters. The van der Waals surface area contributed by atoms with Gasteiger partial charge in [0, 0.05) is 26.2 Å². The van der Waals surface area contributed by atoms with Crippen molar-refractivity contribution in [3.05, 3.63) is 54.8 Å². The van der Waals surface area contributed by atoms with Crippen LogP contribution in [0.5, 0.6) is 0 Å². The van der Waals surface area contributed by atoms with Crippen LogP contribution < -0.4 is 0 Å². The Labute approximate surface area is 107 Å². The second-order valence-electron chi connectivity index (χ2n) is 3.35. The van der Waals surface area contributed by atoms with Crippen molar-refractivity contribution in [3.63, 3.8) is 0 Å². The zero-order chi connectivity index (χ0) is 9.38. The average Bonchev–Trinajstić information content (AvgIpc) is 2.86. The molecule has 3 rings (SSSR count). The maximum absolute atomic E-state index is 5.35. The van der Waals surface area contributed by atoms with Crippen molar-refractivity contribution >= 4 is 10.8 Å². The van der Waals surface area contributed by atoms with E-state index >= 15 is 0 Å². The van der Waals surface area contributed by atoms with E-state index in [9.17, 15) is 0 Å². The van der Waals surface area contributed by atoms with Crippen LogP contribution in [0.3, 0.4) is 0 Å². The zero-order valence-electron chi connectivity index (χ0n) is 8.10. The van der Waals surface area contributed by atoms with Crippen molar-refractivity contribution in [1.29, 1.82) is 0 Å². The zero-order valence-corrected chi connectivity index (χ0v) is 10.6. The van der Waals surface area contributed by atoms with E-state index in [1.54, 1.807) is 6.26 Å². The molecule has 0 N–H and O–H groups in total. The summed E-state index contributed by atoms with van der Waals surface area (Å²) in [7, 11) is 0. The van der Waals surface area contributed by atoms with E-state index in [0.29, 0.717) is 0 Å². The van der Waals surface area contributed by atoms with Gasteiger partial charge in [-0.15, -0.1) is 29.0 Å². The van der Waals surface area contributed by atoms with E-state index in [4.69, 9.17) is 4.42 Å². The molecular weight excluding hydrogens is 263 g/mol. The predicted octanol–water partition coefficient (Wildman–Crippen LogP) is 3.82. The molecule has 2 aromatic carbocycles. The first-order chi connectivity index (χ1) is 6.93. The molecule has 0 fully saturated rings. The van der Waals surface area contributed by atoms with Crippen molar-refractivity contribution in [3.8, 4) is 11.3 Å². The van der Waals surface area contributed by atoms with Crippen molar-refractivity contribution in [2.45, 2.75) is 0 Å². The van der Waals surface area contributed by atoms with Gasteiger partial charge in [0.15, 0.2) is 0 Å². The summed E-state index contributed by atoms with van der Waals surface area (Å²) in [6.07, 6.45) is 1.70. The maximum atomic E-state index is 5.35. The summed E-state index contributed by atoms with van der Waals surface area (Å²) in [5.41, 5.74) is 1.15. The number of furan rings is 1. The fourth-order valence-electron chi connectivity index (χ4n) is 1.74. The Kier molecular flexibility index (Phi) is 2.97. The van der Waals surface area contributed by atoms with Gasteiger partial charge in [0.05, 0.1) is 12.0 Å². The third-order valence-electron chi connectivity index (χ3n) is 2.42. The van der Waals surface area contributed by atoms with E-state index in [0.717, 1.165) is 11.3 Å². The molecule has 1 nitrogen and oxygen atoms in total. The number of fused-ring (bicyclic) bond motifs is 1. The van der Waals surface area contributed by atoms with Crippen LogP contribution in [0.25, 0.3) is 22.1 Å². The molecule has 0 aliphatic carbocycles. The Hall–Kier alpha value is -1.01. The standard InChI is InChI=1S/C13H9O.Zr/c1-2-5-11-9-12(8-10(11)4-1)13-6-3-7-14-13;/h1-9H;/q-1;. The molecule has 0 bridgehead atoms. The molecule has 15 heavy (non-hydrogen) atoms. The Morgan fingerprint density at radius 2 is 1.87 bits per heavy atom. The number of hydrogen-bond acceptors (Lipinski definition) is 1. The molecule has 0 spiro atoms. The molecular formula is C13H9OZr-. The van der Waals surface area contributed by atoms with Crippen LogP contribution in [0.4, 0.5) is 0 Å². The normalized spacial score (nSPS) is 10.1. The summed E-state index contributed by atoms with van der Waals surface area (Å²) < 4.78 is 5.35. The van der Waals surface area contributed by atoms with E-state index in [1.165, 1.54) is 10.8 Å². The third-order valence-corrected chi connectivity index (χ3v) is 2.42. The fraction of sp³-hybridized carbons (Fsp3) is 0. The van der Waals surface area contributed by atoms with Gasteiger partial charge in [0.2, 0.25) is 0 Å². The second-order valence-corrected chi connectivity index (χ2v) is 3.35. The molecule has 0 aliphatic heterocycles. The van der Waals surface area contributed by atoms with Gasteiger partial charge < -0.3 is 4.42 Å². The maximum Gasteiger partial charge on any atom is 0.0796 e. The Bertz CT molecular complexity index is 516. The summed E-state index contributed by atoms with van der Waals surface area (Å²) in [6, 6.07) is 16.5. The SMILES string of the molecule is [Zr].c1coc(-c2cc3ccccc3[cH-]2)c1. The fourth-order valence-corrected chi connectivity index (χ4v) is 1.74. The molecule has 2 heteroatoms. The van der Waals surface area contributed by atoms with Crippen LogP contribution in [0, 0.1) is 0 Å². The smallest absolute Gasteiger partial charge is 0.0796 e. The topological polar surface area (TPSA) is 13.1 Å². The molecule has 72 valence electrons. The van der Waals surface area contributed by atoms with Crippen LogP contribution in [0.1, 0.15) is 0 Å². The van der Waals surface area contributed by atoms with Gasteiger partial charge in [-0.3, -0.25) is 0 Å². The molecule has 0 unspecified atom stereocenters. The van der Waals surface area contributed by atoms with Gasteiger partial charge in [0.25, 0.3) is 0 Å². The average molecular weight is 272 g/mol. The molecule has 0 aliphatic rings. The summed E-state index contributed by atoms with van der Waals surface area (Å²) in [5.74, 6) is 0.932. The summed E-state index contributed by atoms with van der Waals surface area (Å²) in [4.78, 5) is 0. The Morgan fingerprint density at radius 3 is 2.60 bits per heavy atom. The first kappa shape index (κ1) is 10.5. The van der Waals surface area contributed by atoms with Crippen LogP contribution >= 0.6 is 0 Å². The molecule has 0 radical (unpaired) electrons. The minimum Gasteiger partial charge on any atom is -0.499 e. The number of hydrogen-bond donors (Lipinski definition) is 0. The molecule has 0 amide bonds. The molecule has 3 aromatic rings. The first-order valence-electron chi connectivity index (χ1n) is 4.63. The van der Waals surface area contributed by atoms with E-state index in [-0.39, 0.29) is 26.2 Å². The van der Waals surface area contributed by atoms with Gasteiger partial charge in [-0.05, 0) is 6.07 Å². The van der Waals surface area contributed by atoms with E-state index in [1.807, 2.05) is 24.3 Å². The minimum absolute atomic E-state index is 0. The van der Waals surface area contributed by atoms with Crippen molar-refractivity contribution in [2.75, 3.05) is 0 Å². The summed E-state index contributed by atoms with van der Waals surface area (Å²) >= 11 is 0. The summed E-state index contributed by atoms with van der Waals surface area (Å²) in [6.45, 7) is 0. The first-order valence-corrected chi connectivity index (χ1v) is 4.63. The largest absolute Gasteiger partial charge is 0.499 e. The molecule has 0 saturated carbocycles. The van der Waals surface area contributed by atoms with Gasteiger partial charge in [-0.1, -0.05) is 29.8 Å². The Morgan fingerprint density at radius 1 is 1.00 bits per heavy atom. The number of benzene rings is 1. The van der Waals surface area contributed by atoms with Gasteiger partial charge in [-0.25, -0.2) is 0 Å². The van der Waals surface area contributed by atoms with Crippen molar-refractivity contribution in [1.82, 2.24) is 0 Å². The second kappa shape index (κ2) is 4.24. The van der Waals surface area contributed by atoms with E-state index < -0.39 is 0 Å².